The van der Waals surface area contributed by atoms with E-state index in [1.807, 2.05) is 6.07 Å². The quantitative estimate of drug-likeness (QED) is 0.276. The number of nitrogens with one attached hydrogen (secondary N) is 1. The Bertz CT molecular complexity index is 1420. The number of hydrogen-bond donors (Lipinski definition) is 1. The molecule has 36 heavy (non-hydrogen) atoms. The monoisotopic (exact) mass is 557 g/mol. The van der Waals surface area contributed by atoms with Gasteiger partial charge in [0.1, 0.15) is 5.75 Å². The summed E-state index contributed by atoms with van der Waals surface area (Å²) in [5.74, 6) is -0.564. The molecular formula is C26H26BrF2N5O2. The van der Waals surface area contributed by atoms with E-state index in [0.29, 0.717) is 24.2 Å². The Morgan fingerprint density at radius 2 is 1.92 bits per heavy atom. The molecule has 1 N–H and O–H groups in total. The van der Waals surface area contributed by atoms with Crippen LogP contribution in [0, 0.1) is 11.6 Å². The van der Waals surface area contributed by atoms with Gasteiger partial charge in [0, 0.05) is 42.8 Å². The summed E-state index contributed by atoms with van der Waals surface area (Å²) in [6, 6.07) is 8.23. The molecule has 2 aromatic carbocycles. The van der Waals surface area contributed by atoms with E-state index >= 15 is 0 Å². The summed E-state index contributed by atoms with van der Waals surface area (Å²) >= 11 is 3.70. The minimum Gasteiger partial charge on any atom is -0.492 e. The molecule has 0 atom stereocenters. The third kappa shape index (κ3) is 4.65. The molecule has 1 aliphatic carbocycles. The zero-order valence-electron chi connectivity index (χ0n) is 19.6. The van der Waals surface area contributed by atoms with Gasteiger partial charge in [-0.05, 0) is 59.5 Å². The molecule has 3 heterocycles. The van der Waals surface area contributed by atoms with Crippen LogP contribution in [0.5, 0.6) is 5.75 Å². The SMILES string of the molecule is Fc1ccc(Nc2nncc3c2c2cc(OCCCN4CCOCC4)c(Br)cc2n3C2CC2)cc1F. The fourth-order valence-corrected chi connectivity index (χ4v) is 5.27. The normalized spacial score (nSPS) is 16.6. The number of morpholine rings is 1. The number of anilines is 2. The van der Waals surface area contributed by atoms with Crippen molar-refractivity contribution >= 4 is 49.2 Å². The second kappa shape index (κ2) is 9.91. The van der Waals surface area contributed by atoms with Crippen molar-refractivity contribution in [2.75, 3.05) is 44.8 Å². The van der Waals surface area contributed by atoms with Gasteiger partial charge in [-0.2, -0.15) is 5.10 Å². The van der Waals surface area contributed by atoms with Crippen molar-refractivity contribution in [3.8, 4) is 5.75 Å². The molecule has 0 bridgehead atoms. The van der Waals surface area contributed by atoms with Gasteiger partial charge in [-0.15, -0.1) is 5.10 Å². The van der Waals surface area contributed by atoms with Crippen LogP contribution >= 0.6 is 15.9 Å². The Balaban J connectivity index is 1.33. The van der Waals surface area contributed by atoms with Gasteiger partial charge < -0.3 is 19.4 Å². The topological polar surface area (TPSA) is 64.4 Å². The molecule has 2 aromatic heterocycles. The second-order valence-corrected chi connectivity index (χ2v) is 10.1. The van der Waals surface area contributed by atoms with Crippen molar-refractivity contribution in [2.24, 2.45) is 0 Å². The predicted octanol–water partition coefficient (Wildman–Crippen LogP) is 5.80. The lowest BCUT2D eigenvalue weighted by Gasteiger charge is -2.26. The molecule has 10 heteroatoms. The summed E-state index contributed by atoms with van der Waals surface area (Å²) in [5, 5.41) is 13.5. The summed E-state index contributed by atoms with van der Waals surface area (Å²) in [7, 11) is 0. The zero-order valence-corrected chi connectivity index (χ0v) is 21.2. The number of ether oxygens (including phenoxy) is 2. The molecule has 1 saturated carbocycles. The fraction of sp³-hybridized carbons (Fsp3) is 0.385. The first-order valence-corrected chi connectivity index (χ1v) is 13.0. The highest BCUT2D eigenvalue weighted by atomic mass is 79.9. The van der Waals surface area contributed by atoms with Gasteiger partial charge >= 0.3 is 0 Å². The molecule has 0 amide bonds. The van der Waals surface area contributed by atoms with Crippen molar-refractivity contribution in [3.63, 3.8) is 0 Å². The smallest absolute Gasteiger partial charge is 0.163 e. The molecule has 1 saturated heterocycles. The van der Waals surface area contributed by atoms with Gasteiger partial charge in [-0.25, -0.2) is 8.78 Å². The van der Waals surface area contributed by atoms with E-state index in [1.165, 1.54) is 6.07 Å². The Morgan fingerprint density at radius 3 is 2.69 bits per heavy atom. The summed E-state index contributed by atoms with van der Waals surface area (Å²) in [4.78, 5) is 2.39. The third-order valence-electron chi connectivity index (χ3n) is 6.74. The maximum absolute atomic E-state index is 13.8. The van der Waals surface area contributed by atoms with Crippen LogP contribution in [0.25, 0.3) is 21.8 Å². The molecule has 0 spiro atoms. The highest BCUT2D eigenvalue weighted by Crippen LogP contribution is 2.46. The van der Waals surface area contributed by atoms with Gasteiger partial charge in [-0.3, -0.25) is 4.90 Å². The third-order valence-corrected chi connectivity index (χ3v) is 7.36. The van der Waals surface area contributed by atoms with Crippen LogP contribution in [0.1, 0.15) is 25.3 Å². The Kier molecular flexibility index (Phi) is 6.49. The number of hydrogen-bond acceptors (Lipinski definition) is 6. The molecule has 1 aliphatic heterocycles. The maximum Gasteiger partial charge on any atom is 0.163 e. The van der Waals surface area contributed by atoms with Crippen LogP contribution in [0.15, 0.2) is 41.0 Å². The van der Waals surface area contributed by atoms with Gasteiger partial charge in [0.05, 0.1) is 46.9 Å². The molecular weight excluding hydrogens is 532 g/mol. The Labute approximate surface area is 215 Å². The largest absolute Gasteiger partial charge is 0.492 e. The van der Waals surface area contributed by atoms with Crippen molar-refractivity contribution in [1.82, 2.24) is 19.7 Å². The minimum atomic E-state index is -0.919. The molecule has 2 aliphatic rings. The molecule has 4 aromatic rings. The summed E-state index contributed by atoms with van der Waals surface area (Å²) in [6.07, 6.45) is 4.89. The number of rotatable bonds is 8. The summed E-state index contributed by atoms with van der Waals surface area (Å²) < 4.78 is 42.1. The van der Waals surface area contributed by atoms with Gasteiger partial charge in [-0.1, -0.05) is 0 Å². The molecule has 0 unspecified atom stereocenters. The Morgan fingerprint density at radius 1 is 1.08 bits per heavy atom. The van der Waals surface area contributed by atoms with Crippen LogP contribution in [-0.4, -0.2) is 59.1 Å². The summed E-state index contributed by atoms with van der Waals surface area (Å²) in [5.41, 5.74) is 2.41. The van der Waals surface area contributed by atoms with Crippen LogP contribution in [0.4, 0.5) is 20.3 Å². The highest BCUT2D eigenvalue weighted by Gasteiger charge is 2.29. The van der Waals surface area contributed by atoms with Crippen molar-refractivity contribution in [3.05, 3.63) is 52.6 Å². The van der Waals surface area contributed by atoms with E-state index in [0.717, 1.165) is 96.3 Å². The highest BCUT2D eigenvalue weighted by molar-refractivity contribution is 9.10. The van der Waals surface area contributed by atoms with Crippen LogP contribution in [0.2, 0.25) is 0 Å². The van der Waals surface area contributed by atoms with Crippen LogP contribution in [0.3, 0.4) is 0 Å². The van der Waals surface area contributed by atoms with Gasteiger partial charge in [0.25, 0.3) is 0 Å². The minimum absolute atomic E-state index is 0.400. The first kappa shape index (κ1) is 23.6. The molecule has 6 rings (SSSR count). The lowest BCUT2D eigenvalue weighted by Crippen LogP contribution is -2.37. The molecule has 2 fully saturated rings. The van der Waals surface area contributed by atoms with E-state index in [9.17, 15) is 8.78 Å². The van der Waals surface area contributed by atoms with Crippen LogP contribution < -0.4 is 10.1 Å². The lowest BCUT2D eigenvalue weighted by molar-refractivity contribution is 0.0358. The molecule has 188 valence electrons. The van der Waals surface area contributed by atoms with Crippen LogP contribution in [-0.2, 0) is 4.74 Å². The van der Waals surface area contributed by atoms with E-state index in [4.69, 9.17) is 9.47 Å². The number of nitrogens with zero attached hydrogens (tertiary/aromatic N) is 4. The Hall–Kier alpha value is -2.82. The summed E-state index contributed by atoms with van der Waals surface area (Å²) in [6.45, 7) is 5.08. The average Bonchev–Trinajstić information content (AvgIpc) is 3.67. The lowest BCUT2D eigenvalue weighted by atomic mass is 10.1. The number of aromatic nitrogens is 3. The van der Waals surface area contributed by atoms with E-state index in [1.54, 1.807) is 6.20 Å². The predicted molar refractivity (Wildman–Crippen MR) is 138 cm³/mol. The zero-order chi connectivity index (χ0) is 24.6. The van der Waals surface area contributed by atoms with Crippen molar-refractivity contribution in [2.45, 2.75) is 25.3 Å². The van der Waals surface area contributed by atoms with Gasteiger partial charge in [0.2, 0.25) is 0 Å². The van der Waals surface area contributed by atoms with Gasteiger partial charge in [0.15, 0.2) is 17.5 Å². The first-order chi connectivity index (χ1) is 17.6. The van der Waals surface area contributed by atoms with E-state index in [-0.39, 0.29) is 0 Å². The van der Waals surface area contributed by atoms with Crippen molar-refractivity contribution < 1.29 is 18.3 Å². The number of benzene rings is 2. The maximum atomic E-state index is 13.8. The van der Waals surface area contributed by atoms with E-state index in [2.05, 4.69) is 47.0 Å². The average molecular weight is 558 g/mol. The van der Waals surface area contributed by atoms with Crippen molar-refractivity contribution in [1.29, 1.82) is 0 Å². The molecule has 7 nitrogen and oxygen atoms in total. The standard InChI is InChI=1S/C26H26BrF2N5O2/c27-19-14-22-18(13-24(19)36-9-1-6-33-7-10-35-11-8-33)25-23(34(22)17-3-4-17)15-30-32-26(25)31-16-2-5-20(28)21(29)12-16/h2,5,12-15,17H,1,3-4,6-11H2,(H,31,32). The molecule has 0 radical (unpaired) electrons. The number of fused-ring (bicyclic) bond motifs is 3. The van der Waals surface area contributed by atoms with E-state index < -0.39 is 11.6 Å². The second-order valence-electron chi connectivity index (χ2n) is 9.26. The fourth-order valence-electron chi connectivity index (χ4n) is 4.83. The number of halogens is 3. The first-order valence-electron chi connectivity index (χ1n) is 12.2.